The number of hydrogen-bond acceptors (Lipinski definition) is 1. The second-order valence-corrected chi connectivity index (χ2v) is 7.62. The summed E-state index contributed by atoms with van der Waals surface area (Å²) in [6, 6.07) is 0. The van der Waals surface area contributed by atoms with E-state index in [9.17, 15) is 18.0 Å². The Morgan fingerprint density at radius 1 is 1.06 bits per heavy atom. The summed E-state index contributed by atoms with van der Waals surface area (Å²) in [6.07, 6.45) is 12.9. The molecule has 2 unspecified atom stereocenters. The first-order chi connectivity index (χ1) is 14.7. The molecule has 0 aromatic carbocycles. The topological polar surface area (TPSA) is 17.1 Å². The fourth-order valence-corrected chi connectivity index (χ4v) is 3.75. The third-order valence-corrected chi connectivity index (χ3v) is 5.44. The predicted octanol–water partition coefficient (Wildman–Crippen LogP) is 9.34. The zero-order valence-electron chi connectivity index (χ0n) is 20.4. The number of Topliss-reactive ketones (excluding diaryl/α,β-unsaturated/α-hetero) is 1. The molecule has 178 valence electrons. The van der Waals surface area contributed by atoms with Crippen molar-refractivity contribution in [2.45, 2.75) is 93.2 Å². The van der Waals surface area contributed by atoms with Crippen LogP contribution >= 0.6 is 0 Å². The third-order valence-electron chi connectivity index (χ3n) is 5.44. The van der Waals surface area contributed by atoms with Crippen molar-refractivity contribution in [3.05, 3.63) is 58.7 Å². The number of fused-ring (bicyclic) bond motifs is 1. The summed E-state index contributed by atoms with van der Waals surface area (Å²) in [7, 11) is 0. The van der Waals surface area contributed by atoms with Gasteiger partial charge in [-0.05, 0) is 69.9 Å². The number of alkyl halides is 3. The average molecular weight is 441 g/mol. The van der Waals surface area contributed by atoms with Gasteiger partial charge in [0.25, 0.3) is 0 Å². The molecule has 0 aromatic rings. The zero-order chi connectivity index (χ0) is 24.0. The lowest BCUT2D eigenvalue weighted by molar-refractivity contribution is -0.113. The third kappa shape index (κ3) is 9.88. The van der Waals surface area contributed by atoms with Gasteiger partial charge in [0.05, 0.1) is 0 Å². The monoisotopic (exact) mass is 440 g/mol. The molecule has 0 N–H and O–H groups in total. The van der Waals surface area contributed by atoms with E-state index < -0.39 is 6.18 Å². The molecule has 0 amide bonds. The normalized spacial score (nSPS) is 20.6. The Kier molecular flexibility index (Phi) is 14.2. The Bertz CT molecular complexity index is 709. The van der Waals surface area contributed by atoms with Crippen molar-refractivity contribution in [2.75, 3.05) is 0 Å². The van der Waals surface area contributed by atoms with E-state index in [-0.39, 0.29) is 24.6 Å². The van der Waals surface area contributed by atoms with Gasteiger partial charge < -0.3 is 0 Å². The highest BCUT2D eigenvalue weighted by atomic mass is 19.4. The quantitative estimate of drug-likeness (QED) is 0.209. The van der Waals surface area contributed by atoms with Crippen LogP contribution in [-0.4, -0.2) is 12.0 Å². The van der Waals surface area contributed by atoms with Gasteiger partial charge in [-0.2, -0.15) is 13.2 Å². The molecule has 1 nitrogen and oxygen atoms in total. The molecule has 4 heteroatoms. The minimum Gasteiger partial charge on any atom is -0.295 e. The van der Waals surface area contributed by atoms with E-state index in [1.165, 1.54) is 30.9 Å². The smallest absolute Gasteiger partial charge is 0.295 e. The first-order valence-corrected chi connectivity index (χ1v) is 11.7. The highest BCUT2D eigenvalue weighted by Gasteiger charge is 2.52. The second-order valence-electron chi connectivity index (χ2n) is 7.62. The van der Waals surface area contributed by atoms with Crippen LogP contribution in [0.1, 0.15) is 88.4 Å². The molecule has 0 radical (unpaired) electrons. The molecule has 0 spiro atoms. The largest absolute Gasteiger partial charge is 0.412 e. The lowest BCUT2D eigenvalue weighted by Gasteiger charge is -2.18. The van der Waals surface area contributed by atoms with Crippen LogP contribution in [-0.2, 0) is 4.79 Å². The van der Waals surface area contributed by atoms with Gasteiger partial charge >= 0.3 is 6.18 Å². The van der Waals surface area contributed by atoms with Crippen molar-refractivity contribution < 1.29 is 19.4 Å². The molecule has 1 fully saturated rings. The second kappa shape index (κ2) is 15.0. The van der Waals surface area contributed by atoms with E-state index in [1.54, 1.807) is 13.0 Å². The maximum Gasteiger partial charge on any atom is 0.412 e. The SMILES string of the molecule is C/C=C(\CCCCCC)C1=CC=C(C(F)(F)F)C2CC12.C/C=C\C(=C/C)C(C)=O.CC.[HH]. The Labute approximate surface area is 189 Å². The molecule has 2 aliphatic rings. The highest BCUT2D eigenvalue weighted by molar-refractivity contribution is 5.95. The van der Waals surface area contributed by atoms with Gasteiger partial charge in [0, 0.05) is 12.6 Å². The van der Waals surface area contributed by atoms with Crippen LogP contribution < -0.4 is 0 Å². The number of halogens is 3. The summed E-state index contributed by atoms with van der Waals surface area (Å²) >= 11 is 0. The minimum atomic E-state index is -4.15. The van der Waals surface area contributed by atoms with E-state index in [0.29, 0.717) is 6.42 Å². The summed E-state index contributed by atoms with van der Waals surface area (Å²) < 4.78 is 38.4. The van der Waals surface area contributed by atoms with Crippen LogP contribution in [0.5, 0.6) is 0 Å². The molecule has 2 aliphatic carbocycles. The highest BCUT2D eigenvalue weighted by Crippen LogP contribution is 2.57. The fraction of sp³-hybridized carbons (Fsp3) is 0.593. The van der Waals surface area contributed by atoms with Crippen molar-refractivity contribution in [1.29, 1.82) is 0 Å². The summed E-state index contributed by atoms with van der Waals surface area (Å²) in [5, 5.41) is 0. The zero-order valence-corrected chi connectivity index (χ0v) is 20.4. The maximum absolute atomic E-state index is 12.8. The van der Waals surface area contributed by atoms with Gasteiger partial charge in [-0.15, -0.1) is 0 Å². The predicted molar refractivity (Wildman–Crippen MR) is 129 cm³/mol. The van der Waals surface area contributed by atoms with Gasteiger partial charge in [0.15, 0.2) is 5.78 Å². The van der Waals surface area contributed by atoms with Gasteiger partial charge in [0.2, 0.25) is 0 Å². The summed E-state index contributed by atoms with van der Waals surface area (Å²) in [5.74, 6) is -0.0369. The van der Waals surface area contributed by atoms with Gasteiger partial charge in [-0.25, -0.2) is 0 Å². The van der Waals surface area contributed by atoms with Crippen molar-refractivity contribution >= 4 is 5.78 Å². The summed E-state index contributed by atoms with van der Waals surface area (Å²) in [4.78, 5) is 10.6. The fourth-order valence-electron chi connectivity index (χ4n) is 3.75. The lowest BCUT2D eigenvalue weighted by atomic mass is 9.90. The number of rotatable bonds is 8. The standard InChI is InChI=1S/C17H23F3.C8H12O.C2H6.H2/c1-3-5-6-7-8-12(4-2)13-9-10-16(17(18,19)20)15-11-14(13)15;1-4-6-8(5-2)7(3)9;1-2;/h4,9-10,14-15H,3,5-8,11H2,1-2H3;4-6H,1-3H3;1-2H3;1H/b12-4+;6-4-,8-5+;;. The Balaban J connectivity index is 0. The van der Waals surface area contributed by atoms with Crippen LogP contribution in [0.2, 0.25) is 0 Å². The van der Waals surface area contributed by atoms with Crippen molar-refractivity contribution in [2.24, 2.45) is 11.8 Å². The molecule has 0 aromatic heterocycles. The van der Waals surface area contributed by atoms with E-state index in [1.807, 2.05) is 52.8 Å². The molecule has 31 heavy (non-hydrogen) atoms. The first-order valence-electron chi connectivity index (χ1n) is 11.7. The van der Waals surface area contributed by atoms with Crippen molar-refractivity contribution in [3.63, 3.8) is 0 Å². The molecular weight excluding hydrogens is 397 g/mol. The lowest BCUT2D eigenvalue weighted by Crippen LogP contribution is -2.16. The Morgan fingerprint density at radius 3 is 2.13 bits per heavy atom. The Hall–Kier alpha value is -1.84. The van der Waals surface area contributed by atoms with Crippen molar-refractivity contribution in [1.82, 2.24) is 0 Å². The van der Waals surface area contributed by atoms with Gasteiger partial charge in [-0.3, -0.25) is 4.79 Å². The van der Waals surface area contributed by atoms with E-state index in [4.69, 9.17) is 0 Å². The van der Waals surface area contributed by atoms with Crippen LogP contribution in [0.15, 0.2) is 58.7 Å². The van der Waals surface area contributed by atoms with E-state index in [0.717, 1.165) is 24.0 Å². The molecule has 0 heterocycles. The molecule has 1 saturated carbocycles. The number of hydrogen-bond donors (Lipinski definition) is 0. The van der Waals surface area contributed by atoms with Gasteiger partial charge in [-0.1, -0.05) is 76.5 Å². The van der Waals surface area contributed by atoms with Gasteiger partial charge in [0.1, 0.15) is 0 Å². The molecule has 0 aliphatic heterocycles. The van der Waals surface area contributed by atoms with E-state index >= 15 is 0 Å². The Morgan fingerprint density at radius 2 is 1.71 bits per heavy atom. The average Bonchev–Trinajstić information content (AvgIpc) is 3.53. The minimum absolute atomic E-state index is 0. The molecule has 0 bridgehead atoms. The number of carbonyl (C=O) groups excluding carboxylic acids is 1. The number of allylic oxidation sites excluding steroid dienone is 10. The molecule has 2 atom stereocenters. The maximum atomic E-state index is 12.8. The van der Waals surface area contributed by atoms with E-state index in [2.05, 4.69) is 13.0 Å². The van der Waals surface area contributed by atoms with Crippen LogP contribution in [0.25, 0.3) is 0 Å². The van der Waals surface area contributed by atoms with Crippen LogP contribution in [0.4, 0.5) is 13.2 Å². The summed E-state index contributed by atoms with van der Waals surface area (Å²) in [5.41, 5.74) is 2.86. The number of unbranched alkanes of at least 4 members (excludes halogenated alkanes) is 3. The van der Waals surface area contributed by atoms with Crippen LogP contribution in [0, 0.1) is 11.8 Å². The molecule has 2 rings (SSSR count). The summed E-state index contributed by atoms with van der Waals surface area (Å²) in [6.45, 7) is 13.5. The number of ketones is 1. The van der Waals surface area contributed by atoms with Crippen LogP contribution in [0.3, 0.4) is 0 Å². The number of carbonyl (C=O) groups is 1. The first kappa shape index (κ1) is 29.2. The molecule has 0 saturated heterocycles. The van der Waals surface area contributed by atoms with Crippen molar-refractivity contribution in [3.8, 4) is 0 Å². The molecular formula is C27H43F3O.